The second-order valence-electron chi connectivity index (χ2n) is 6.44. The molecule has 0 saturated carbocycles. The lowest BCUT2D eigenvalue weighted by molar-refractivity contribution is -0.181. The number of benzene rings is 1. The predicted octanol–water partition coefficient (Wildman–Crippen LogP) is 3.28. The van der Waals surface area contributed by atoms with Crippen molar-refractivity contribution in [3.63, 3.8) is 0 Å². The van der Waals surface area contributed by atoms with Crippen molar-refractivity contribution in [1.29, 1.82) is 0 Å². The van der Waals surface area contributed by atoms with Crippen molar-refractivity contribution in [2.45, 2.75) is 25.2 Å². The summed E-state index contributed by atoms with van der Waals surface area (Å²) in [5.74, 6) is 0.293. The maximum absolute atomic E-state index is 13.1. The molecular weight excluding hydrogens is 491 g/mol. The molecule has 1 aromatic carbocycles. The number of halogens is 5. The van der Waals surface area contributed by atoms with E-state index in [-0.39, 0.29) is 35.9 Å². The van der Waals surface area contributed by atoms with Gasteiger partial charge in [-0.15, -0.1) is 24.0 Å². The second-order valence-corrected chi connectivity index (χ2v) is 6.44. The normalized spacial score (nSPS) is 18.4. The van der Waals surface area contributed by atoms with Crippen molar-refractivity contribution < 1.29 is 22.3 Å². The molecule has 28 heavy (non-hydrogen) atoms. The van der Waals surface area contributed by atoms with E-state index in [1.807, 2.05) is 4.90 Å². The van der Waals surface area contributed by atoms with Crippen LogP contribution in [0, 0.1) is 5.82 Å². The molecule has 1 aliphatic heterocycles. The zero-order chi connectivity index (χ0) is 20.0. The Balaban J connectivity index is 0.00000392. The van der Waals surface area contributed by atoms with E-state index >= 15 is 0 Å². The fraction of sp³-hybridized carbons (Fsp3) is 0.611. The highest BCUT2D eigenvalue weighted by molar-refractivity contribution is 14.0. The Hall–Kier alpha value is -1.14. The van der Waals surface area contributed by atoms with Gasteiger partial charge < -0.3 is 15.0 Å². The van der Waals surface area contributed by atoms with E-state index in [1.165, 1.54) is 24.0 Å². The summed E-state index contributed by atoms with van der Waals surface area (Å²) in [5, 5.41) is 3.19. The molecule has 10 heteroatoms. The van der Waals surface area contributed by atoms with Gasteiger partial charge in [-0.25, -0.2) is 4.39 Å². The molecule has 0 bridgehead atoms. The molecule has 0 aromatic heterocycles. The lowest BCUT2D eigenvalue weighted by Crippen LogP contribution is -2.57. The average Bonchev–Trinajstić information content (AvgIpc) is 2.65. The zero-order valence-electron chi connectivity index (χ0n) is 16.2. The van der Waals surface area contributed by atoms with Gasteiger partial charge in [0.15, 0.2) is 5.96 Å². The van der Waals surface area contributed by atoms with Gasteiger partial charge in [-0.1, -0.05) is 12.1 Å². The van der Waals surface area contributed by atoms with Gasteiger partial charge in [-0.3, -0.25) is 9.89 Å². The topological polar surface area (TPSA) is 40.1 Å². The molecule has 0 aliphatic carbocycles. The number of hydrogen-bond acceptors (Lipinski definition) is 3. The first-order valence-corrected chi connectivity index (χ1v) is 8.81. The van der Waals surface area contributed by atoms with Gasteiger partial charge in [-0.2, -0.15) is 13.2 Å². The van der Waals surface area contributed by atoms with Crippen LogP contribution >= 0.6 is 24.0 Å². The van der Waals surface area contributed by atoms with Gasteiger partial charge in [0.1, 0.15) is 11.9 Å². The van der Waals surface area contributed by atoms with E-state index in [2.05, 4.69) is 10.3 Å². The summed E-state index contributed by atoms with van der Waals surface area (Å²) < 4.78 is 57.1. The number of rotatable bonds is 5. The first-order valence-electron chi connectivity index (χ1n) is 8.81. The van der Waals surface area contributed by atoms with Crippen LogP contribution in [0.15, 0.2) is 29.3 Å². The highest BCUT2D eigenvalue weighted by atomic mass is 127. The maximum Gasteiger partial charge on any atom is 0.403 e. The van der Waals surface area contributed by atoms with Crippen molar-refractivity contribution >= 4 is 29.9 Å². The van der Waals surface area contributed by atoms with Crippen molar-refractivity contribution in [1.82, 2.24) is 15.1 Å². The van der Waals surface area contributed by atoms with E-state index in [0.29, 0.717) is 38.7 Å². The monoisotopic (exact) mass is 518 g/mol. The van der Waals surface area contributed by atoms with Gasteiger partial charge >= 0.3 is 6.18 Å². The number of nitrogens with zero attached hydrogens (tertiary/aromatic N) is 3. The van der Waals surface area contributed by atoms with Gasteiger partial charge in [0.05, 0.1) is 6.10 Å². The minimum absolute atomic E-state index is 0. The van der Waals surface area contributed by atoms with Gasteiger partial charge in [0.2, 0.25) is 0 Å². The lowest BCUT2D eigenvalue weighted by atomic mass is 10.1. The highest BCUT2D eigenvalue weighted by Gasteiger charge is 2.41. The molecule has 0 amide bonds. The third-order valence-corrected chi connectivity index (χ3v) is 4.82. The van der Waals surface area contributed by atoms with E-state index in [1.54, 1.807) is 26.3 Å². The molecule has 1 fully saturated rings. The quantitative estimate of drug-likeness (QED) is 0.281. The average molecular weight is 518 g/mol. The molecule has 1 heterocycles. The van der Waals surface area contributed by atoms with E-state index in [4.69, 9.17) is 4.74 Å². The maximum atomic E-state index is 13.1. The van der Waals surface area contributed by atoms with Crippen LogP contribution < -0.4 is 5.32 Å². The molecule has 5 nitrogen and oxygen atoms in total. The molecule has 1 N–H and O–H groups in total. The fourth-order valence-electron chi connectivity index (χ4n) is 3.06. The third kappa shape index (κ3) is 6.73. The van der Waals surface area contributed by atoms with Crippen LogP contribution in [0.25, 0.3) is 0 Å². The molecule has 1 saturated heterocycles. The largest absolute Gasteiger partial charge is 0.403 e. The minimum Gasteiger partial charge on any atom is -0.375 e. The van der Waals surface area contributed by atoms with Gasteiger partial charge in [0, 0.05) is 46.9 Å². The van der Waals surface area contributed by atoms with Crippen LogP contribution in [0.4, 0.5) is 17.6 Å². The summed E-state index contributed by atoms with van der Waals surface area (Å²) in [7, 11) is 3.20. The summed E-state index contributed by atoms with van der Waals surface area (Å²) in [4.78, 5) is 7.58. The third-order valence-electron chi connectivity index (χ3n) is 4.82. The lowest BCUT2D eigenvalue weighted by Gasteiger charge is -2.39. The van der Waals surface area contributed by atoms with E-state index in [0.717, 1.165) is 5.56 Å². The fourth-order valence-corrected chi connectivity index (χ4v) is 3.06. The smallest absolute Gasteiger partial charge is 0.375 e. The Morgan fingerprint density at radius 3 is 2.21 bits per heavy atom. The van der Waals surface area contributed by atoms with Crippen LogP contribution in [0.5, 0.6) is 0 Å². The van der Waals surface area contributed by atoms with Crippen LogP contribution in [0.2, 0.25) is 0 Å². The Kier molecular flexibility index (Phi) is 9.91. The summed E-state index contributed by atoms with van der Waals surface area (Å²) in [6.07, 6.45) is -4.52. The Morgan fingerprint density at radius 1 is 1.18 bits per heavy atom. The predicted molar refractivity (Wildman–Crippen MR) is 112 cm³/mol. The number of aliphatic imine (C=N–C) groups is 1. The number of piperazine rings is 1. The molecule has 1 aromatic rings. The van der Waals surface area contributed by atoms with Crippen molar-refractivity contribution in [3.05, 3.63) is 35.6 Å². The van der Waals surface area contributed by atoms with Crippen LogP contribution in [-0.4, -0.2) is 74.9 Å². The van der Waals surface area contributed by atoms with Gasteiger partial charge in [0.25, 0.3) is 0 Å². The SMILES string of the molecule is CN=C(NCC(OC)c1ccc(F)cc1)N1CCN(C(C)C(F)(F)F)CC1.I. The summed E-state index contributed by atoms with van der Waals surface area (Å²) >= 11 is 0. The first kappa shape index (κ1) is 24.9. The van der Waals surface area contributed by atoms with Crippen LogP contribution in [0.1, 0.15) is 18.6 Å². The standard InChI is InChI=1S/C18H26F4N4O.HI/c1-13(18(20,21)22)25-8-10-26(11-9-25)17(23-2)24-12-16(27-3)14-4-6-15(19)7-5-14;/h4-7,13,16H,8-12H2,1-3H3,(H,23,24);1H. The Bertz CT molecular complexity index is 619. The Morgan fingerprint density at radius 2 is 1.75 bits per heavy atom. The Labute approximate surface area is 180 Å². The molecule has 2 atom stereocenters. The van der Waals surface area contributed by atoms with Crippen molar-refractivity contribution in [2.75, 3.05) is 46.9 Å². The molecule has 0 spiro atoms. The molecule has 2 rings (SSSR count). The number of guanidine groups is 1. The van der Waals surface area contributed by atoms with E-state index < -0.39 is 12.2 Å². The van der Waals surface area contributed by atoms with Crippen molar-refractivity contribution in [3.8, 4) is 0 Å². The summed E-state index contributed by atoms with van der Waals surface area (Å²) in [6, 6.07) is 4.61. The van der Waals surface area contributed by atoms with Crippen LogP contribution in [-0.2, 0) is 4.74 Å². The number of methoxy groups -OCH3 is 1. The highest BCUT2D eigenvalue weighted by Crippen LogP contribution is 2.25. The van der Waals surface area contributed by atoms with Gasteiger partial charge in [-0.05, 0) is 24.6 Å². The number of nitrogens with one attached hydrogen (secondary N) is 1. The second kappa shape index (κ2) is 11.1. The van der Waals surface area contributed by atoms with Crippen LogP contribution in [0.3, 0.4) is 0 Å². The number of ether oxygens (including phenoxy) is 1. The molecular formula is C18H27F4IN4O. The summed E-state index contributed by atoms with van der Waals surface area (Å²) in [5.41, 5.74) is 0.825. The number of hydrogen-bond donors (Lipinski definition) is 1. The summed E-state index contributed by atoms with van der Waals surface area (Å²) in [6.45, 7) is 3.13. The first-order chi connectivity index (χ1) is 12.8. The number of alkyl halides is 3. The van der Waals surface area contributed by atoms with Crippen molar-refractivity contribution in [2.24, 2.45) is 4.99 Å². The van der Waals surface area contributed by atoms with E-state index in [9.17, 15) is 17.6 Å². The molecule has 1 aliphatic rings. The molecule has 2 unspecified atom stereocenters. The molecule has 0 radical (unpaired) electrons. The zero-order valence-corrected chi connectivity index (χ0v) is 18.5. The minimum atomic E-state index is -4.22. The molecule has 160 valence electrons.